The molecule has 146 valence electrons. The van der Waals surface area contributed by atoms with Gasteiger partial charge in [0.25, 0.3) is 0 Å². The maximum absolute atomic E-state index is 12.7. The normalized spacial score (nSPS) is 11.3. The zero-order valence-electron chi connectivity index (χ0n) is 15.5. The van der Waals surface area contributed by atoms with Gasteiger partial charge in [0.2, 0.25) is 0 Å². The molecule has 0 heterocycles. The van der Waals surface area contributed by atoms with Crippen LogP contribution in [0, 0.1) is 5.92 Å². The highest BCUT2D eigenvalue weighted by atomic mass is 79.9. The third-order valence-corrected chi connectivity index (χ3v) is 4.48. The quantitative estimate of drug-likeness (QED) is 0.625. The minimum Gasteiger partial charge on any atom is -0.383 e. The molecule has 0 radical (unpaired) electrons. The Morgan fingerprint density at radius 2 is 1.85 bits per heavy atom. The van der Waals surface area contributed by atoms with Crippen LogP contribution in [0.1, 0.15) is 19.4 Å². The van der Waals surface area contributed by atoms with Gasteiger partial charge in [-0.25, -0.2) is 4.79 Å². The van der Waals surface area contributed by atoms with Gasteiger partial charge >= 0.3 is 16.1 Å². The fourth-order valence-electron chi connectivity index (χ4n) is 2.47. The molecule has 0 spiro atoms. The number of carbonyl (C=O) groups excluding carboxylic acids is 1. The third kappa shape index (κ3) is 7.60. The Kier molecular flexibility index (Phi) is 7.26. The number of rotatable bonds is 7. The molecule has 8 heteroatoms. The fraction of sp³-hybridized carbons (Fsp3) is 0.316. The van der Waals surface area contributed by atoms with Gasteiger partial charge in [-0.2, -0.15) is 8.42 Å². The van der Waals surface area contributed by atoms with Crippen molar-refractivity contribution in [2.45, 2.75) is 20.4 Å². The summed E-state index contributed by atoms with van der Waals surface area (Å²) >= 11 is 3.39. The van der Waals surface area contributed by atoms with E-state index >= 15 is 0 Å². The van der Waals surface area contributed by atoms with Crippen molar-refractivity contribution in [2.24, 2.45) is 5.92 Å². The van der Waals surface area contributed by atoms with E-state index in [1.54, 1.807) is 29.2 Å². The number of urea groups is 1. The lowest BCUT2D eigenvalue weighted by Gasteiger charge is -2.25. The second kappa shape index (κ2) is 9.23. The summed E-state index contributed by atoms with van der Waals surface area (Å²) < 4.78 is 28.1. The molecule has 1 N–H and O–H groups in total. The number of nitrogens with zero attached hydrogens (tertiary/aromatic N) is 1. The van der Waals surface area contributed by atoms with E-state index in [1.165, 1.54) is 0 Å². The SMILES string of the molecule is CC(C)CN(Cc1ccc(OS(C)(=O)=O)cc1)C(=O)Nc1cccc(Br)c1. The highest BCUT2D eigenvalue weighted by Gasteiger charge is 2.16. The first-order chi connectivity index (χ1) is 12.6. The fourth-order valence-corrected chi connectivity index (χ4v) is 3.33. The average Bonchev–Trinajstić information content (AvgIpc) is 2.54. The first-order valence-electron chi connectivity index (χ1n) is 8.42. The number of amides is 2. The minimum atomic E-state index is -3.56. The Bertz CT molecular complexity index is 883. The predicted octanol–water partition coefficient (Wildman–Crippen LogP) is 4.48. The molecule has 0 saturated heterocycles. The van der Waals surface area contributed by atoms with Crippen LogP contribution in [0.5, 0.6) is 5.75 Å². The van der Waals surface area contributed by atoms with Gasteiger partial charge in [-0.05, 0) is 41.8 Å². The topological polar surface area (TPSA) is 75.7 Å². The smallest absolute Gasteiger partial charge is 0.322 e. The van der Waals surface area contributed by atoms with Crippen LogP contribution < -0.4 is 9.50 Å². The van der Waals surface area contributed by atoms with E-state index in [4.69, 9.17) is 4.18 Å². The van der Waals surface area contributed by atoms with Crippen LogP contribution in [0.4, 0.5) is 10.5 Å². The maximum atomic E-state index is 12.7. The van der Waals surface area contributed by atoms with Gasteiger partial charge in [0.1, 0.15) is 5.75 Å². The van der Waals surface area contributed by atoms with Crippen LogP contribution in [-0.2, 0) is 16.7 Å². The van der Waals surface area contributed by atoms with Crippen molar-refractivity contribution in [3.05, 3.63) is 58.6 Å². The van der Waals surface area contributed by atoms with Gasteiger partial charge < -0.3 is 14.4 Å². The molecule has 0 saturated carbocycles. The Hall–Kier alpha value is -2.06. The Labute approximate surface area is 168 Å². The van der Waals surface area contributed by atoms with Crippen LogP contribution in [0.15, 0.2) is 53.0 Å². The molecule has 0 aliphatic carbocycles. The van der Waals surface area contributed by atoms with Crippen molar-refractivity contribution in [3.63, 3.8) is 0 Å². The minimum absolute atomic E-state index is 0.196. The molecule has 2 amide bonds. The molecule has 0 unspecified atom stereocenters. The molecule has 2 aromatic rings. The van der Waals surface area contributed by atoms with E-state index in [0.717, 1.165) is 16.3 Å². The van der Waals surface area contributed by atoms with Crippen LogP contribution >= 0.6 is 15.9 Å². The van der Waals surface area contributed by atoms with Gasteiger partial charge in [-0.3, -0.25) is 0 Å². The van der Waals surface area contributed by atoms with Gasteiger partial charge in [-0.15, -0.1) is 0 Å². The summed E-state index contributed by atoms with van der Waals surface area (Å²) in [4.78, 5) is 14.4. The Morgan fingerprint density at radius 1 is 1.19 bits per heavy atom. The Balaban J connectivity index is 2.10. The van der Waals surface area contributed by atoms with Crippen molar-refractivity contribution < 1.29 is 17.4 Å². The molecule has 0 aromatic heterocycles. The highest BCUT2D eigenvalue weighted by molar-refractivity contribution is 9.10. The molecule has 0 aliphatic rings. The summed E-state index contributed by atoms with van der Waals surface area (Å²) in [7, 11) is -3.56. The number of nitrogens with one attached hydrogen (secondary N) is 1. The summed E-state index contributed by atoms with van der Waals surface area (Å²) in [6.07, 6.45) is 0.998. The molecule has 0 aliphatic heterocycles. The number of anilines is 1. The summed E-state index contributed by atoms with van der Waals surface area (Å²) in [5.74, 6) is 0.543. The van der Waals surface area contributed by atoms with E-state index < -0.39 is 10.1 Å². The molecule has 2 rings (SSSR count). The van der Waals surface area contributed by atoms with Crippen molar-refractivity contribution in [2.75, 3.05) is 18.1 Å². The van der Waals surface area contributed by atoms with Crippen molar-refractivity contribution in [1.29, 1.82) is 0 Å². The van der Waals surface area contributed by atoms with Gasteiger partial charge in [0.05, 0.1) is 6.26 Å². The average molecular weight is 455 g/mol. The molecule has 0 fully saturated rings. The van der Waals surface area contributed by atoms with E-state index in [1.807, 2.05) is 38.1 Å². The van der Waals surface area contributed by atoms with E-state index in [2.05, 4.69) is 21.2 Å². The van der Waals surface area contributed by atoms with Crippen LogP contribution in [0.25, 0.3) is 0 Å². The third-order valence-electron chi connectivity index (χ3n) is 3.49. The number of halogens is 1. The van der Waals surface area contributed by atoms with Crippen molar-refractivity contribution in [1.82, 2.24) is 4.90 Å². The van der Waals surface area contributed by atoms with Gasteiger partial charge in [0.15, 0.2) is 0 Å². The first-order valence-corrected chi connectivity index (χ1v) is 11.0. The summed E-state index contributed by atoms with van der Waals surface area (Å²) in [5, 5.41) is 2.90. The van der Waals surface area contributed by atoms with Crippen LogP contribution in [0.2, 0.25) is 0 Å². The van der Waals surface area contributed by atoms with Crippen LogP contribution in [0.3, 0.4) is 0 Å². The van der Waals surface area contributed by atoms with E-state index in [9.17, 15) is 13.2 Å². The largest absolute Gasteiger partial charge is 0.383 e. The van der Waals surface area contributed by atoms with Gasteiger partial charge in [-0.1, -0.05) is 48.0 Å². The van der Waals surface area contributed by atoms with Crippen LogP contribution in [-0.4, -0.2) is 32.1 Å². The lowest BCUT2D eigenvalue weighted by atomic mass is 10.1. The number of carbonyl (C=O) groups is 1. The molecule has 0 bridgehead atoms. The standard InChI is InChI=1S/C19H23BrN2O4S/c1-14(2)12-22(19(23)21-17-6-4-5-16(20)11-17)13-15-7-9-18(10-8-15)26-27(3,24)25/h4-11,14H,12-13H2,1-3H3,(H,21,23). The monoisotopic (exact) mass is 454 g/mol. The number of hydrogen-bond donors (Lipinski definition) is 1. The van der Waals surface area contributed by atoms with Gasteiger partial charge in [0, 0.05) is 23.2 Å². The lowest BCUT2D eigenvalue weighted by Crippen LogP contribution is -2.37. The van der Waals surface area contributed by atoms with Crippen molar-refractivity contribution in [3.8, 4) is 5.75 Å². The molecular weight excluding hydrogens is 432 g/mol. The molecule has 2 aromatic carbocycles. The number of benzene rings is 2. The molecular formula is C19H23BrN2O4S. The summed E-state index contributed by atoms with van der Waals surface area (Å²) in [5.41, 5.74) is 1.58. The molecule has 0 atom stereocenters. The maximum Gasteiger partial charge on any atom is 0.322 e. The Morgan fingerprint density at radius 3 is 2.41 bits per heavy atom. The summed E-state index contributed by atoms with van der Waals surface area (Å²) in [6.45, 7) is 5.07. The highest BCUT2D eigenvalue weighted by Crippen LogP contribution is 2.18. The molecule has 6 nitrogen and oxygen atoms in total. The zero-order chi connectivity index (χ0) is 20.0. The predicted molar refractivity (Wildman–Crippen MR) is 110 cm³/mol. The second-order valence-corrected chi connectivity index (χ2v) is 9.14. The number of hydrogen-bond acceptors (Lipinski definition) is 4. The van der Waals surface area contributed by atoms with E-state index in [-0.39, 0.29) is 11.8 Å². The summed E-state index contributed by atoms with van der Waals surface area (Å²) in [6, 6.07) is 13.9. The van der Waals surface area contributed by atoms with E-state index in [0.29, 0.717) is 24.7 Å². The molecule has 27 heavy (non-hydrogen) atoms. The second-order valence-electron chi connectivity index (χ2n) is 6.65. The van der Waals surface area contributed by atoms with Crippen molar-refractivity contribution >= 4 is 37.8 Å². The lowest BCUT2D eigenvalue weighted by molar-refractivity contribution is 0.201. The first kappa shape index (κ1) is 21.2. The zero-order valence-corrected chi connectivity index (χ0v) is 17.9.